The molecule has 0 N–H and O–H groups in total. The number of benzene rings is 2. The maximum absolute atomic E-state index is 5.95. The fourth-order valence-electron chi connectivity index (χ4n) is 4.26. The van der Waals surface area contributed by atoms with Gasteiger partial charge in [-0.3, -0.25) is 0 Å². The molecule has 0 amide bonds. The van der Waals surface area contributed by atoms with Crippen molar-refractivity contribution in [2.45, 2.75) is 26.1 Å². The fraction of sp³-hybridized carbons (Fsp3) is 0.250. The van der Waals surface area contributed by atoms with Crippen molar-refractivity contribution in [3.8, 4) is 16.8 Å². The van der Waals surface area contributed by atoms with Crippen LogP contribution < -0.4 is 4.90 Å². The van der Waals surface area contributed by atoms with Crippen LogP contribution in [0.4, 0.5) is 5.82 Å². The van der Waals surface area contributed by atoms with Crippen molar-refractivity contribution >= 4 is 16.9 Å². The third-order valence-electron chi connectivity index (χ3n) is 5.40. The van der Waals surface area contributed by atoms with Crippen molar-refractivity contribution in [1.29, 1.82) is 0 Å². The smallest absolute Gasteiger partial charge is 0.150 e. The molecule has 0 saturated carbocycles. The Kier molecular flexibility index (Phi) is 4.52. The van der Waals surface area contributed by atoms with Crippen molar-refractivity contribution in [1.82, 2.24) is 14.5 Å². The fourth-order valence-corrected chi connectivity index (χ4v) is 4.26. The van der Waals surface area contributed by atoms with Crippen LogP contribution in [0.1, 0.15) is 13.8 Å². The minimum absolute atomic E-state index is 0.167. The monoisotopic (exact) mass is 384 g/mol. The van der Waals surface area contributed by atoms with Gasteiger partial charge in [0.25, 0.3) is 0 Å². The highest BCUT2D eigenvalue weighted by atomic mass is 16.5. The highest BCUT2D eigenvalue weighted by Crippen LogP contribution is 2.37. The van der Waals surface area contributed by atoms with Crippen LogP contribution >= 0.6 is 0 Å². The Labute approximate surface area is 170 Å². The van der Waals surface area contributed by atoms with Gasteiger partial charge in [0.05, 0.1) is 17.6 Å². The zero-order valence-electron chi connectivity index (χ0n) is 16.7. The number of rotatable bonds is 3. The molecule has 5 rings (SSSR count). The maximum atomic E-state index is 5.95. The first-order chi connectivity index (χ1) is 14.2. The van der Waals surface area contributed by atoms with E-state index in [1.54, 1.807) is 6.33 Å². The molecule has 3 heterocycles. The lowest BCUT2D eigenvalue weighted by molar-refractivity contribution is -0.00537. The van der Waals surface area contributed by atoms with Gasteiger partial charge in [-0.25, -0.2) is 9.97 Å². The summed E-state index contributed by atoms with van der Waals surface area (Å²) in [6.07, 6.45) is 4.19. The lowest BCUT2D eigenvalue weighted by Gasteiger charge is -2.36. The first-order valence-electron chi connectivity index (χ1n) is 10.1. The van der Waals surface area contributed by atoms with Crippen LogP contribution in [0.5, 0.6) is 0 Å². The van der Waals surface area contributed by atoms with E-state index in [9.17, 15) is 0 Å². The molecule has 5 heteroatoms. The normalized spacial score (nSPS) is 19.6. The van der Waals surface area contributed by atoms with E-state index in [2.05, 4.69) is 78.0 Å². The number of anilines is 1. The van der Waals surface area contributed by atoms with E-state index in [1.807, 2.05) is 12.1 Å². The third kappa shape index (κ3) is 3.28. The highest BCUT2D eigenvalue weighted by Gasteiger charge is 2.27. The van der Waals surface area contributed by atoms with E-state index in [4.69, 9.17) is 14.7 Å². The summed E-state index contributed by atoms with van der Waals surface area (Å²) < 4.78 is 8.11. The van der Waals surface area contributed by atoms with Crippen molar-refractivity contribution in [3.63, 3.8) is 0 Å². The van der Waals surface area contributed by atoms with E-state index < -0.39 is 0 Å². The van der Waals surface area contributed by atoms with Crippen LogP contribution in [-0.4, -0.2) is 39.8 Å². The van der Waals surface area contributed by atoms with Crippen molar-refractivity contribution in [2.75, 3.05) is 18.0 Å². The molecule has 2 atom stereocenters. The number of para-hydroxylation sites is 1. The molecule has 4 aromatic rings. The summed E-state index contributed by atoms with van der Waals surface area (Å²) in [5, 5.41) is 1.09. The Balaban J connectivity index is 1.76. The largest absolute Gasteiger partial charge is 0.372 e. The summed E-state index contributed by atoms with van der Waals surface area (Å²) in [6, 6.07) is 20.8. The lowest BCUT2D eigenvalue weighted by Crippen LogP contribution is -2.46. The van der Waals surface area contributed by atoms with Gasteiger partial charge in [0.1, 0.15) is 12.1 Å². The summed E-state index contributed by atoms with van der Waals surface area (Å²) in [5.74, 6) is 0.977. The number of fused-ring (bicyclic) bond motifs is 1. The third-order valence-corrected chi connectivity index (χ3v) is 5.40. The van der Waals surface area contributed by atoms with E-state index in [-0.39, 0.29) is 12.2 Å². The second kappa shape index (κ2) is 7.33. The van der Waals surface area contributed by atoms with Crippen molar-refractivity contribution in [2.24, 2.45) is 0 Å². The average Bonchev–Trinajstić information content (AvgIpc) is 3.14. The van der Waals surface area contributed by atoms with Gasteiger partial charge in [-0.15, -0.1) is 0 Å². The standard InChI is InChI=1S/C24H24N4O/c1-17-13-27(14-18(2)29-17)23-22-21(19-9-5-3-6-10-19)15-28(24(22)26-16-25-23)20-11-7-4-8-12-20/h3-12,15-18H,13-14H2,1-2H3/t17-,18-/m1/s1. The minimum Gasteiger partial charge on any atom is -0.372 e. The predicted molar refractivity (Wildman–Crippen MR) is 117 cm³/mol. The number of morpholine rings is 1. The maximum Gasteiger partial charge on any atom is 0.150 e. The van der Waals surface area contributed by atoms with Crippen LogP contribution in [0, 0.1) is 0 Å². The molecule has 0 spiro atoms. The predicted octanol–water partition coefficient (Wildman–Crippen LogP) is 4.70. The van der Waals surface area contributed by atoms with Gasteiger partial charge in [-0.2, -0.15) is 0 Å². The molecule has 1 aliphatic heterocycles. The van der Waals surface area contributed by atoms with Crippen LogP contribution in [0.2, 0.25) is 0 Å². The van der Waals surface area contributed by atoms with Crippen LogP contribution in [0.3, 0.4) is 0 Å². The van der Waals surface area contributed by atoms with E-state index in [0.29, 0.717) is 0 Å². The zero-order chi connectivity index (χ0) is 19.8. The molecule has 29 heavy (non-hydrogen) atoms. The molecule has 146 valence electrons. The Morgan fingerprint density at radius 1 is 0.862 bits per heavy atom. The number of ether oxygens (including phenoxy) is 1. The average molecular weight is 384 g/mol. The molecule has 2 aromatic carbocycles. The Hall–Kier alpha value is -3.18. The molecule has 1 saturated heterocycles. The highest BCUT2D eigenvalue weighted by molar-refractivity contribution is 6.02. The van der Waals surface area contributed by atoms with Crippen LogP contribution in [0.15, 0.2) is 73.2 Å². The summed E-state index contributed by atoms with van der Waals surface area (Å²) in [5.41, 5.74) is 4.32. The quantitative estimate of drug-likeness (QED) is 0.513. The van der Waals surface area contributed by atoms with Gasteiger partial charge < -0.3 is 14.2 Å². The Morgan fingerprint density at radius 3 is 2.21 bits per heavy atom. The molecule has 0 aliphatic carbocycles. The second-order valence-electron chi connectivity index (χ2n) is 7.67. The van der Waals surface area contributed by atoms with Gasteiger partial charge in [0.2, 0.25) is 0 Å². The Bertz CT molecular complexity index is 1110. The molecule has 1 fully saturated rings. The summed E-state index contributed by atoms with van der Waals surface area (Å²) in [7, 11) is 0. The van der Waals surface area contributed by atoms with Gasteiger partial charge in [0.15, 0.2) is 5.65 Å². The van der Waals surface area contributed by atoms with E-state index >= 15 is 0 Å². The SMILES string of the molecule is C[C@@H]1CN(c2ncnc3c2c(-c2ccccc2)cn3-c2ccccc2)C[C@@H](C)O1. The topological polar surface area (TPSA) is 43.2 Å². The minimum atomic E-state index is 0.167. The number of hydrogen-bond acceptors (Lipinski definition) is 4. The van der Waals surface area contributed by atoms with Gasteiger partial charge in [-0.1, -0.05) is 48.5 Å². The summed E-state index contributed by atoms with van der Waals surface area (Å²) in [6.45, 7) is 5.88. The van der Waals surface area contributed by atoms with E-state index in [0.717, 1.165) is 46.8 Å². The number of aromatic nitrogens is 3. The first-order valence-corrected chi connectivity index (χ1v) is 10.1. The number of hydrogen-bond donors (Lipinski definition) is 0. The van der Waals surface area contributed by atoms with Crippen molar-refractivity contribution in [3.05, 3.63) is 73.2 Å². The molecule has 0 unspecified atom stereocenters. The van der Waals surface area contributed by atoms with Crippen molar-refractivity contribution < 1.29 is 4.74 Å². The Morgan fingerprint density at radius 2 is 1.52 bits per heavy atom. The molecule has 2 aromatic heterocycles. The van der Waals surface area contributed by atoms with Crippen LogP contribution in [-0.2, 0) is 4.74 Å². The number of nitrogens with zero attached hydrogens (tertiary/aromatic N) is 4. The summed E-state index contributed by atoms with van der Waals surface area (Å²) in [4.78, 5) is 11.8. The molecule has 0 bridgehead atoms. The first kappa shape index (κ1) is 17.9. The molecular weight excluding hydrogens is 360 g/mol. The summed E-state index contributed by atoms with van der Waals surface area (Å²) >= 11 is 0. The molecule has 0 radical (unpaired) electrons. The van der Waals surface area contributed by atoms with Gasteiger partial charge >= 0.3 is 0 Å². The zero-order valence-corrected chi connectivity index (χ0v) is 16.7. The van der Waals surface area contributed by atoms with Gasteiger partial charge in [0, 0.05) is 30.5 Å². The molecule has 1 aliphatic rings. The van der Waals surface area contributed by atoms with E-state index in [1.165, 1.54) is 0 Å². The molecular formula is C24H24N4O. The van der Waals surface area contributed by atoms with Crippen LogP contribution in [0.25, 0.3) is 27.8 Å². The second-order valence-corrected chi connectivity index (χ2v) is 7.67. The lowest BCUT2D eigenvalue weighted by atomic mass is 10.1. The molecule has 5 nitrogen and oxygen atoms in total. The van der Waals surface area contributed by atoms with Gasteiger partial charge in [-0.05, 0) is 31.5 Å².